The fraction of sp³-hybridized carbons (Fsp3) is 0. The first-order chi connectivity index (χ1) is 25.3. The summed E-state index contributed by atoms with van der Waals surface area (Å²) in [6.45, 7) is 0. The van der Waals surface area contributed by atoms with Crippen LogP contribution in [0.15, 0.2) is 174 Å². The summed E-state index contributed by atoms with van der Waals surface area (Å²) in [5.41, 5.74) is 12.0. The topological polar surface area (TPSA) is 48.8 Å². The van der Waals surface area contributed by atoms with Crippen LogP contribution in [0.5, 0.6) is 0 Å². The van der Waals surface area contributed by atoms with Gasteiger partial charge in [0.25, 0.3) is 0 Å². The van der Waals surface area contributed by atoms with Crippen LogP contribution in [0.1, 0.15) is 0 Å². The molecular formula is C46H28N4O. The standard InChI is InChI=1S/C46H28N4O/c1-3-13-29(14-4-1)43-45-44(35-19-9-12-22-40(35)51-45)48-46(47-43)30-23-25-32(26-24-30)50-37-21-11-8-18-34(37)42-39(50)28-27-38-41(42)33-17-7-10-20-36(33)49(38)31-15-5-2-6-16-31/h1-28H. The zero-order valence-electron chi connectivity index (χ0n) is 27.4. The Bertz CT molecular complexity index is 3120. The monoisotopic (exact) mass is 652 g/mol. The van der Waals surface area contributed by atoms with Gasteiger partial charge in [-0.3, -0.25) is 0 Å². The molecule has 238 valence electrons. The minimum absolute atomic E-state index is 0.664. The van der Waals surface area contributed by atoms with Gasteiger partial charge in [-0.2, -0.15) is 0 Å². The molecule has 0 bridgehead atoms. The smallest absolute Gasteiger partial charge is 0.180 e. The molecular weight excluding hydrogens is 625 g/mol. The van der Waals surface area contributed by atoms with Gasteiger partial charge in [-0.25, -0.2) is 9.97 Å². The molecule has 0 fully saturated rings. The molecule has 51 heavy (non-hydrogen) atoms. The summed E-state index contributed by atoms with van der Waals surface area (Å²) in [5.74, 6) is 0.664. The average molecular weight is 653 g/mol. The van der Waals surface area contributed by atoms with Crippen molar-refractivity contribution in [3.05, 3.63) is 170 Å². The molecule has 4 aromatic heterocycles. The minimum Gasteiger partial charge on any atom is -0.452 e. The third-order valence-corrected chi connectivity index (χ3v) is 10.1. The summed E-state index contributed by atoms with van der Waals surface area (Å²) >= 11 is 0. The Morgan fingerprint density at radius 2 is 0.922 bits per heavy atom. The second-order valence-electron chi connectivity index (χ2n) is 13.0. The summed E-state index contributed by atoms with van der Waals surface area (Å²) in [5, 5.41) is 5.97. The fourth-order valence-electron chi connectivity index (χ4n) is 7.92. The highest BCUT2D eigenvalue weighted by Crippen LogP contribution is 2.42. The van der Waals surface area contributed by atoms with E-state index in [9.17, 15) is 0 Å². The van der Waals surface area contributed by atoms with E-state index in [4.69, 9.17) is 14.4 Å². The Balaban J connectivity index is 1.12. The molecule has 0 saturated carbocycles. The largest absolute Gasteiger partial charge is 0.452 e. The molecule has 0 aliphatic rings. The number of fused-ring (bicyclic) bond motifs is 10. The van der Waals surface area contributed by atoms with Crippen molar-refractivity contribution in [3.8, 4) is 34.0 Å². The Labute approximate surface area is 292 Å². The molecule has 0 unspecified atom stereocenters. The average Bonchev–Trinajstić information content (AvgIpc) is 3.86. The highest BCUT2D eigenvalue weighted by atomic mass is 16.3. The Morgan fingerprint density at radius 1 is 0.392 bits per heavy atom. The maximum atomic E-state index is 6.33. The SMILES string of the molecule is c1ccc(-c2nc(-c3ccc(-n4c5ccccc5c5c6c7ccccc7n(-c7ccccc7)c6ccc54)cc3)nc3c2oc2ccccc23)cc1. The summed E-state index contributed by atoms with van der Waals surface area (Å²) < 4.78 is 11.1. The van der Waals surface area contributed by atoms with E-state index >= 15 is 0 Å². The van der Waals surface area contributed by atoms with Crippen LogP contribution in [0.2, 0.25) is 0 Å². The van der Waals surface area contributed by atoms with E-state index in [2.05, 4.69) is 143 Å². The molecule has 0 amide bonds. The van der Waals surface area contributed by atoms with Crippen LogP contribution in [0.25, 0.3) is 99.7 Å². The highest BCUT2D eigenvalue weighted by molar-refractivity contribution is 6.28. The predicted octanol–water partition coefficient (Wildman–Crippen LogP) is 11.9. The van der Waals surface area contributed by atoms with Crippen LogP contribution in [-0.4, -0.2) is 19.1 Å². The van der Waals surface area contributed by atoms with Crippen LogP contribution in [0, 0.1) is 0 Å². The van der Waals surface area contributed by atoms with Gasteiger partial charge in [0.15, 0.2) is 11.4 Å². The van der Waals surface area contributed by atoms with Crippen molar-refractivity contribution < 1.29 is 4.42 Å². The molecule has 11 aromatic rings. The van der Waals surface area contributed by atoms with Crippen LogP contribution < -0.4 is 0 Å². The number of furan rings is 1. The van der Waals surface area contributed by atoms with E-state index in [0.717, 1.165) is 50.2 Å². The Hall–Kier alpha value is -6.98. The molecule has 0 N–H and O–H groups in total. The lowest BCUT2D eigenvalue weighted by atomic mass is 10.1. The molecule has 7 aromatic carbocycles. The first-order valence-corrected chi connectivity index (χ1v) is 17.2. The maximum Gasteiger partial charge on any atom is 0.180 e. The van der Waals surface area contributed by atoms with E-state index in [0.29, 0.717) is 11.4 Å². The maximum absolute atomic E-state index is 6.33. The van der Waals surface area contributed by atoms with Crippen molar-refractivity contribution in [2.75, 3.05) is 0 Å². The molecule has 0 aliphatic heterocycles. The fourth-order valence-corrected chi connectivity index (χ4v) is 7.92. The van der Waals surface area contributed by atoms with E-state index in [1.807, 2.05) is 36.4 Å². The summed E-state index contributed by atoms with van der Waals surface area (Å²) in [4.78, 5) is 10.2. The van der Waals surface area contributed by atoms with Gasteiger partial charge in [-0.15, -0.1) is 0 Å². The molecule has 0 spiro atoms. The lowest BCUT2D eigenvalue weighted by Gasteiger charge is -2.10. The summed E-state index contributed by atoms with van der Waals surface area (Å²) in [7, 11) is 0. The zero-order valence-corrected chi connectivity index (χ0v) is 27.4. The number of hydrogen-bond donors (Lipinski definition) is 0. The second-order valence-corrected chi connectivity index (χ2v) is 13.0. The molecule has 11 rings (SSSR count). The predicted molar refractivity (Wildman–Crippen MR) is 209 cm³/mol. The van der Waals surface area contributed by atoms with Crippen molar-refractivity contribution in [3.63, 3.8) is 0 Å². The molecule has 5 nitrogen and oxygen atoms in total. The number of benzene rings is 7. The van der Waals surface area contributed by atoms with Gasteiger partial charge < -0.3 is 13.6 Å². The normalized spacial score (nSPS) is 11.9. The van der Waals surface area contributed by atoms with E-state index in [1.54, 1.807) is 0 Å². The molecule has 0 radical (unpaired) electrons. The molecule has 0 aliphatic carbocycles. The number of para-hydroxylation sites is 4. The Morgan fingerprint density at radius 3 is 1.57 bits per heavy atom. The highest BCUT2D eigenvalue weighted by Gasteiger charge is 2.21. The number of aromatic nitrogens is 4. The quantitative estimate of drug-likeness (QED) is 0.190. The summed E-state index contributed by atoms with van der Waals surface area (Å²) in [6.07, 6.45) is 0. The molecule has 4 heterocycles. The van der Waals surface area contributed by atoms with Crippen LogP contribution >= 0.6 is 0 Å². The molecule has 0 atom stereocenters. The second kappa shape index (κ2) is 10.8. The number of rotatable bonds is 4. The number of nitrogens with zero attached hydrogens (tertiary/aromatic N) is 4. The minimum atomic E-state index is 0.664. The van der Waals surface area contributed by atoms with Crippen LogP contribution in [0.4, 0.5) is 0 Å². The molecule has 5 heteroatoms. The zero-order chi connectivity index (χ0) is 33.5. The van der Waals surface area contributed by atoms with Gasteiger partial charge in [0.05, 0.1) is 22.1 Å². The van der Waals surface area contributed by atoms with Gasteiger partial charge >= 0.3 is 0 Å². The van der Waals surface area contributed by atoms with Gasteiger partial charge in [-0.1, -0.05) is 97.1 Å². The van der Waals surface area contributed by atoms with Crippen molar-refractivity contribution in [2.24, 2.45) is 0 Å². The van der Waals surface area contributed by atoms with Crippen molar-refractivity contribution in [1.29, 1.82) is 0 Å². The van der Waals surface area contributed by atoms with Gasteiger partial charge in [0.1, 0.15) is 16.8 Å². The van der Waals surface area contributed by atoms with Crippen molar-refractivity contribution in [1.82, 2.24) is 19.1 Å². The molecule has 0 saturated heterocycles. The number of hydrogen-bond acceptors (Lipinski definition) is 3. The van der Waals surface area contributed by atoms with Crippen molar-refractivity contribution in [2.45, 2.75) is 0 Å². The third-order valence-electron chi connectivity index (χ3n) is 10.1. The van der Waals surface area contributed by atoms with Crippen LogP contribution in [0.3, 0.4) is 0 Å². The van der Waals surface area contributed by atoms with Crippen LogP contribution in [-0.2, 0) is 0 Å². The van der Waals surface area contributed by atoms with E-state index in [1.165, 1.54) is 38.1 Å². The van der Waals surface area contributed by atoms with Gasteiger partial charge in [-0.05, 0) is 72.8 Å². The first-order valence-electron chi connectivity index (χ1n) is 17.2. The third kappa shape index (κ3) is 4.09. The summed E-state index contributed by atoms with van der Waals surface area (Å²) in [6, 6.07) is 59.6. The lowest BCUT2D eigenvalue weighted by molar-refractivity contribution is 0.667. The lowest BCUT2D eigenvalue weighted by Crippen LogP contribution is -1.96. The Kier molecular flexibility index (Phi) is 5.89. The van der Waals surface area contributed by atoms with E-state index < -0.39 is 0 Å². The van der Waals surface area contributed by atoms with Gasteiger partial charge in [0, 0.05) is 49.4 Å². The first kappa shape index (κ1) is 27.9. The van der Waals surface area contributed by atoms with Gasteiger partial charge in [0.2, 0.25) is 0 Å². The van der Waals surface area contributed by atoms with Crippen molar-refractivity contribution >= 4 is 65.7 Å². The van der Waals surface area contributed by atoms with E-state index in [-0.39, 0.29) is 0 Å².